The van der Waals surface area contributed by atoms with Crippen LogP contribution in [-0.4, -0.2) is 18.5 Å². The number of nitrogens with two attached hydrogens (primary N) is 1. The molecule has 0 fully saturated rings. The minimum Gasteiger partial charge on any atom is -0.367 e. The first-order chi connectivity index (χ1) is 11.4. The fourth-order valence-corrected chi connectivity index (χ4v) is 3.10. The van der Waals surface area contributed by atoms with Crippen LogP contribution in [0.4, 0.5) is 10.5 Å². The van der Waals surface area contributed by atoms with Gasteiger partial charge in [-0.25, -0.2) is 4.79 Å². The van der Waals surface area contributed by atoms with Crippen molar-refractivity contribution in [3.63, 3.8) is 0 Å². The molecule has 0 radical (unpaired) electrons. The minimum absolute atomic E-state index is 0.360. The van der Waals surface area contributed by atoms with E-state index in [1.165, 1.54) is 0 Å². The first kappa shape index (κ1) is 16.3. The average Bonchev–Trinajstić information content (AvgIpc) is 2.98. The summed E-state index contributed by atoms with van der Waals surface area (Å²) < 4.78 is 0. The van der Waals surface area contributed by atoms with E-state index in [1.54, 1.807) is 36.1 Å². The number of primary amides is 1. The Labute approximate surface area is 145 Å². The zero-order valence-corrected chi connectivity index (χ0v) is 14.0. The summed E-state index contributed by atoms with van der Waals surface area (Å²) in [6, 6.07) is 14.1. The number of benzene rings is 2. The molecular weight excluding hydrogens is 326 g/mol. The van der Waals surface area contributed by atoms with Gasteiger partial charge in [0, 0.05) is 17.3 Å². The van der Waals surface area contributed by atoms with E-state index >= 15 is 0 Å². The highest BCUT2D eigenvalue weighted by atomic mass is 35.5. The van der Waals surface area contributed by atoms with Crippen molar-refractivity contribution in [2.45, 2.75) is 18.9 Å². The molecule has 3 amide bonds. The van der Waals surface area contributed by atoms with Crippen LogP contribution in [0.15, 0.2) is 48.5 Å². The Morgan fingerprint density at radius 2 is 1.96 bits per heavy atom. The largest absolute Gasteiger partial charge is 0.367 e. The van der Waals surface area contributed by atoms with Gasteiger partial charge in [0.2, 0.25) is 5.91 Å². The molecule has 0 saturated carbocycles. The Bertz CT molecular complexity index is 808. The second kappa shape index (κ2) is 6.17. The van der Waals surface area contributed by atoms with E-state index in [-0.39, 0.29) is 6.03 Å². The number of urea groups is 1. The van der Waals surface area contributed by atoms with E-state index in [1.807, 2.05) is 24.3 Å². The van der Waals surface area contributed by atoms with Gasteiger partial charge in [-0.05, 0) is 42.7 Å². The van der Waals surface area contributed by atoms with Crippen LogP contribution in [0.1, 0.15) is 18.1 Å². The number of fused-ring (bicyclic) bond motifs is 1. The van der Waals surface area contributed by atoms with Crippen molar-refractivity contribution in [1.29, 1.82) is 0 Å². The summed E-state index contributed by atoms with van der Waals surface area (Å²) in [5.41, 5.74) is 6.74. The third-order valence-electron chi connectivity index (χ3n) is 4.38. The molecule has 5 nitrogen and oxygen atoms in total. The molecular formula is C18H18ClN3O2. The van der Waals surface area contributed by atoms with Gasteiger partial charge >= 0.3 is 6.03 Å². The maximum absolute atomic E-state index is 12.8. The van der Waals surface area contributed by atoms with E-state index < -0.39 is 11.4 Å². The predicted octanol–water partition coefficient (Wildman–Crippen LogP) is 2.81. The van der Waals surface area contributed by atoms with Crippen LogP contribution in [0.5, 0.6) is 0 Å². The zero-order valence-electron chi connectivity index (χ0n) is 13.3. The second-order valence-electron chi connectivity index (χ2n) is 5.96. The van der Waals surface area contributed by atoms with Crippen LogP contribution in [-0.2, 0) is 16.8 Å². The number of nitrogens with one attached hydrogen (secondary N) is 1. The van der Waals surface area contributed by atoms with Crippen LogP contribution >= 0.6 is 11.6 Å². The summed E-state index contributed by atoms with van der Waals surface area (Å²) in [5, 5.41) is 3.25. The number of hydrogen-bond acceptors (Lipinski definition) is 2. The van der Waals surface area contributed by atoms with Gasteiger partial charge in [-0.1, -0.05) is 41.9 Å². The monoisotopic (exact) mass is 343 g/mol. The zero-order chi connectivity index (χ0) is 17.3. The highest BCUT2D eigenvalue weighted by Crippen LogP contribution is 2.29. The minimum atomic E-state index is -1.35. The Kier molecular flexibility index (Phi) is 4.20. The molecule has 1 heterocycles. The number of para-hydroxylation sites is 1. The van der Waals surface area contributed by atoms with Gasteiger partial charge in [-0.15, -0.1) is 0 Å². The molecule has 0 saturated heterocycles. The molecule has 0 aliphatic carbocycles. The Hall–Kier alpha value is -2.53. The third kappa shape index (κ3) is 2.83. The number of hydrogen-bond donors (Lipinski definition) is 2. The van der Waals surface area contributed by atoms with E-state index in [0.29, 0.717) is 17.1 Å². The lowest BCUT2D eigenvalue weighted by Gasteiger charge is -2.30. The van der Waals surface area contributed by atoms with Gasteiger partial charge in [0.25, 0.3) is 0 Å². The van der Waals surface area contributed by atoms with Crippen molar-refractivity contribution >= 4 is 29.2 Å². The lowest BCUT2D eigenvalue weighted by Crippen LogP contribution is -2.56. The van der Waals surface area contributed by atoms with Gasteiger partial charge in [0.05, 0.1) is 0 Å². The highest BCUT2D eigenvalue weighted by molar-refractivity contribution is 6.30. The van der Waals surface area contributed by atoms with Crippen molar-refractivity contribution in [3.05, 3.63) is 64.7 Å². The maximum Gasteiger partial charge on any atom is 0.323 e. The molecule has 0 aromatic heterocycles. The number of nitrogens with zero attached hydrogens (tertiary/aromatic N) is 1. The van der Waals surface area contributed by atoms with E-state index in [0.717, 1.165) is 17.7 Å². The summed E-state index contributed by atoms with van der Waals surface area (Å²) in [6.45, 7) is 2.15. The molecule has 2 aromatic carbocycles. The molecule has 0 bridgehead atoms. The van der Waals surface area contributed by atoms with Gasteiger partial charge in [0.15, 0.2) is 0 Å². The van der Waals surface area contributed by atoms with E-state index in [4.69, 9.17) is 17.3 Å². The second-order valence-corrected chi connectivity index (χ2v) is 6.40. The topological polar surface area (TPSA) is 75.4 Å². The quantitative estimate of drug-likeness (QED) is 0.899. The Morgan fingerprint density at radius 1 is 1.21 bits per heavy atom. The molecule has 3 rings (SSSR count). The number of carbonyl (C=O) groups is 2. The van der Waals surface area contributed by atoms with Crippen LogP contribution < -0.4 is 16.0 Å². The fourth-order valence-electron chi connectivity index (χ4n) is 2.91. The SMILES string of the molecule is CC(NC(=O)N1CCc2ccccc21)(C(N)=O)c1cccc(Cl)c1. The molecule has 1 aliphatic heterocycles. The van der Waals surface area contributed by atoms with Crippen LogP contribution in [0.3, 0.4) is 0 Å². The Balaban J connectivity index is 1.90. The van der Waals surface area contributed by atoms with Crippen molar-refractivity contribution in [2.75, 3.05) is 11.4 Å². The predicted molar refractivity (Wildman–Crippen MR) is 94.0 cm³/mol. The molecule has 3 N–H and O–H groups in total. The van der Waals surface area contributed by atoms with Crippen molar-refractivity contribution in [1.82, 2.24) is 5.32 Å². The standard InChI is InChI=1S/C18H18ClN3O2/c1-18(16(20)23,13-6-4-7-14(19)11-13)21-17(24)22-10-9-12-5-2-3-8-15(12)22/h2-8,11H,9-10H2,1H3,(H2,20,23)(H,21,24). The molecule has 24 heavy (non-hydrogen) atoms. The summed E-state index contributed by atoms with van der Waals surface area (Å²) >= 11 is 6.01. The number of rotatable bonds is 3. The summed E-state index contributed by atoms with van der Waals surface area (Å²) in [5.74, 6) is -0.648. The summed E-state index contributed by atoms with van der Waals surface area (Å²) in [7, 11) is 0. The van der Waals surface area contributed by atoms with E-state index in [2.05, 4.69) is 5.32 Å². The van der Waals surface area contributed by atoms with Gasteiger partial charge in [-0.2, -0.15) is 0 Å². The van der Waals surface area contributed by atoms with Gasteiger partial charge < -0.3 is 11.1 Å². The highest BCUT2D eigenvalue weighted by Gasteiger charge is 2.37. The van der Waals surface area contributed by atoms with Crippen LogP contribution in [0, 0.1) is 0 Å². The number of anilines is 1. The smallest absolute Gasteiger partial charge is 0.323 e. The lowest BCUT2D eigenvalue weighted by atomic mass is 9.91. The molecule has 1 atom stereocenters. The third-order valence-corrected chi connectivity index (χ3v) is 4.62. The molecule has 1 aliphatic rings. The molecule has 0 spiro atoms. The summed E-state index contributed by atoms with van der Waals surface area (Å²) in [6.07, 6.45) is 0.786. The molecule has 1 unspecified atom stereocenters. The Morgan fingerprint density at radius 3 is 2.67 bits per heavy atom. The first-order valence-electron chi connectivity index (χ1n) is 7.65. The maximum atomic E-state index is 12.8. The van der Waals surface area contributed by atoms with E-state index in [9.17, 15) is 9.59 Å². The normalized spacial score (nSPS) is 15.5. The lowest BCUT2D eigenvalue weighted by molar-refractivity contribution is -0.123. The van der Waals surface area contributed by atoms with Crippen LogP contribution in [0.2, 0.25) is 5.02 Å². The number of carbonyl (C=O) groups excluding carboxylic acids is 2. The van der Waals surface area contributed by atoms with Gasteiger partial charge in [0.1, 0.15) is 5.54 Å². The first-order valence-corrected chi connectivity index (χ1v) is 8.03. The molecule has 6 heteroatoms. The molecule has 2 aromatic rings. The average molecular weight is 344 g/mol. The van der Waals surface area contributed by atoms with Crippen LogP contribution in [0.25, 0.3) is 0 Å². The van der Waals surface area contributed by atoms with Crippen molar-refractivity contribution in [3.8, 4) is 0 Å². The number of halogens is 1. The molecule has 124 valence electrons. The number of amides is 3. The fraction of sp³-hybridized carbons (Fsp3) is 0.222. The van der Waals surface area contributed by atoms with Crippen molar-refractivity contribution < 1.29 is 9.59 Å². The van der Waals surface area contributed by atoms with Gasteiger partial charge in [-0.3, -0.25) is 9.69 Å². The summed E-state index contributed by atoms with van der Waals surface area (Å²) in [4.78, 5) is 26.5. The van der Waals surface area contributed by atoms with Crippen molar-refractivity contribution in [2.24, 2.45) is 5.73 Å².